The Morgan fingerprint density at radius 1 is 1.18 bits per heavy atom. The summed E-state index contributed by atoms with van der Waals surface area (Å²) in [6.45, 7) is 5.74. The Bertz CT molecular complexity index is 1040. The molecule has 3 rings (SSSR count). The molecule has 1 aliphatic heterocycles. The first kappa shape index (κ1) is 20.4. The maximum absolute atomic E-state index is 12.7. The molecule has 148 valence electrons. The summed E-state index contributed by atoms with van der Waals surface area (Å²) in [4.78, 5) is 0.132. The van der Waals surface area contributed by atoms with E-state index in [9.17, 15) is 8.42 Å². The molecular formula is C20H22ClN3O3S. The molecule has 0 aromatic heterocycles. The van der Waals surface area contributed by atoms with Crippen molar-refractivity contribution < 1.29 is 13.2 Å². The summed E-state index contributed by atoms with van der Waals surface area (Å²) in [5, 5.41) is 4.81. The third kappa shape index (κ3) is 5.13. The van der Waals surface area contributed by atoms with Gasteiger partial charge in [0, 0.05) is 21.7 Å². The topological polar surface area (TPSA) is 79.8 Å². The van der Waals surface area contributed by atoms with Gasteiger partial charge in [-0.3, -0.25) is 5.43 Å². The first-order valence-corrected chi connectivity index (χ1v) is 10.6. The number of halogens is 1. The molecule has 0 aliphatic carbocycles. The molecular weight excluding hydrogens is 398 g/mol. The molecule has 0 radical (unpaired) electrons. The Morgan fingerprint density at radius 3 is 2.68 bits per heavy atom. The van der Waals surface area contributed by atoms with Gasteiger partial charge >= 0.3 is 0 Å². The number of anilines is 1. The number of benzene rings is 2. The molecule has 0 amide bonds. The summed E-state index contributed by atoms with van der Waals surface area (Å²) in [6, 6.07) is 12.0. The van der Waals surface area contributed by atoms with Crippen LogP contribution in [0.25, 0.3) is 6.08 Å². The van der Waals surface area contributed by atoms with Crippen LogP contribution in [0.15, 0.2) is 58.0 Å². The molecule has 2 N–H and O–H groups in total. The Labute approximate surface area is 170 Å². The van der Waals surface area contributed by atoms with E-state index < -0.39 is 15.6 Å². The number of hydrazone groups is 1. The summed E-state index contributed by atoms with van der Waals surface area (Å²) in [5.41, 5.74) is 4.31. The van der Waals surface area contributed by atoms with Crippen molar-refractivity contribution in [2.24, 2.45) is 5.10 Å². The lowest BCUT2D eigenvalue weighted by Crippen LogP contribution is -2.40. The van der Waals surface area contributed by atoms with Gasteiger partial charge in [-0.2, -0.15) is 5.10 Å². The molecule has 1 heterocycles. The monoisotopic (exact) mass is 419 g/mol. The zero-order valence-corrected chi connectivity index (χ0v) is 17.4. The van der Waals surface area contributed by atoms with E-state index >= 15 is 0 Å². The second-order valence-electron chi connectivity index (χ2n) is 7.41. The summed E-state index contributed by atoms with van der Waals surface area (Å²) < 4.78 is 33.6. The van der Waals surface area contributed by atoms with E-state index in [2.05, 4.69) is 15.2 Å². The van der Waals surface area contributed by atoms with Gasteiger partial charge in [0.1, 0.15) is 17.3 Å². The normalized spacial score (nSPS) is 14.4. The maximum Gasteiger partial charge on any atom is 0.243 e. The standard InChI is InChI=1S/C20H22ClN3O3S/c1-20(2,3)24-28(25,26)19-7-5-4-6-17(19)23-22-12-14-10-15-11-16(21)8-9-18(15)27-13-14/h4-12,23-24H,13H2,1-3H3. The molecule has 0 fully saturated rings. The van der Waals surface area contributed by atoms with Gasteiger partial charge in [-0.25, -0.2) is 13.1 Å². The number of nitrogens with zero attached hydrogens (tertiary/aromatic N) is 1. The van der Waals surface area contributed by atoms with Crippen LogP contribution in [-0.2, 0) is 10.0 Å². The number of ether oxygens (including phenoxy) is 1. The maximum atomic E-state index is 12.7. The van der Waals surface area contributed by atoms with Crippen LogP contribution < -0.4 is 14.9 Å². The fraction of sp³-hybridized carbons (Fsp3) is 0.250. The minimum atomic E-state index is -3.69. The van der Waals surface area contributed by atoms with Crippen molar-refractivity contribution in [1.29, 1.82) is 0 Å². The van der Waals surface area contributed by atoms with Crippen LogP contribution >= 0.6 is 11.6 Å². The second-order valence-corrected chi connectivity index (χ2v) is 9.50. The third-order valence-corrected chi connectivity index (χ3v) is 5.79. The zero-order valence-electron chi connectivity index (χ0n) is 15.9. The predicted molar refractivity (Wildman–Crippen MR) is 114 cm³/mol. The van der Waals surface area contributed by atoms with Gasteiger partial charge in [0.25, 0.3) is 0 Å². The molecule has 2 aromatic carbocycles. The van der Waals surface area contributed by atoms with Gasteiger partial charge in [0.15, 0.2) is 0 Å². The first-order chi connectivity index (χ1) is 13.1. The van der Waals surface area contributed by atoms with Gasteiger partial charge in [0.05, 0.1) is 11.9 Å². The van der Waals surface area contributed by atoms with Crippen LogP contribution in [0.4, 0.5) is 5.69 Å². The Kier molecular flexibility index (Phi) is 5.79. The first-order valence-electron chi connectivity index (χ1n) is 8.69. The van der Waals surface area contributed by atoms with Crippen molar-refractivity contribution in [3.63, 3.8) is 0 Å². The number of hydrogen-bond donors (Lipinski definition) is 2. The van der Waals surface area contributed by atoms with Crippen molar-refractivity contribution in [3.8, 4) is 5.75 Å². The van der Waals surface area contributed by atoms with Gasteiger partial charge in [-0.05, 0) is 57.2 Å². The van der Waals surface area contributed by atoms with Crippen LogP contribution in [0.2, 0.25) is 5.02 Å². The Morgan fingerprint density at radius 2 is 1.93 bits per heavy atom. The highest BCUT2D eigenvalue weighted by atomic mass is 35.5. The highest BCUT2D eigenvalue weighted by Gasteiger charge is 2.24. The van der Waals surface area contributed by atoms with Gasteiger partial charge < -0.3 is 4.74 Å². The lowest BCUT2D eigenvalue weighted by molar-refractivity contribution is 0.353. The summed E-state index contributed by atoms with van der Waals surface area (Å²) in [6.07, 6.45) is 3.53. The van der Waals surface area contributed by atoms with Crippen LogP contribution in [0.3, 0.4) is 0 Å². The molecule has 0 spiro atoms. The Balaban J connectivity index is 1.79. The zero-order chi connectivity index (χ0) is 20.4. The molecule has 0 bridgehead atoms. The molecule has 1 aliphatic rings. The molecule has 0 saturated carbocycles. The quantitative estimate of drug-likeness (QED) is 0.559. The summed E-state index contributed by atoms with van der Waals surface area (Å²) in [7, 11) is -3.69. The number of nitrogens with one attached hydrogen (secondary N) is 2. The minimum absolute atomic E-state index is 0.132. The number of para-hydroxylation sites is 1. The fourth-order valence-electron chi connectivity index (χ4n) is 2.68. The third-order valence-electron chi connectivity index (χ3n) is 3.74. The van der Waals surface area contributed by atoms with Crippen LogP contribution in [0.1, 0.15) is 26.3 Å². The summed E-state index contributed by atoms with van der Waals surface area (Å²) >= 11 is 6.02. The lowest BCUT2D eigenvalue weighted by atomic mass is 10.1. The molecule has 0 atom stereocenters. The van der Waals surface area contributed by atoms with E-state index in [1.807, 2.05) is 18.2 Å². The van der Waals surface area contributed by atoms with E-state index in [4.69, 9.17) is 16.3 Å². The van der Waals surface area contributed by atoms with Gasteiger partial charge in [0.2, 0.25) is 10.0 Å². The van der Waals surface area contributed by atoms with Crippen molar-refractivity contribution in [1.82, 2.24) is 4.72 Å². The SMILES string of the molecule is CC(C)(C)NS(=O)(=O)c1ccccc1NN=CC1=Cc2cc(Cl)ccc2OC1. The molecule has 8 heteroatoms. The molecule has 0 saturated heterocycles. The number of hydrogen-bond acceptors (Lipinski definition) is 5. The second kappa shape index (κ2) is 7.95. The highest BCUT2D eigenvalue weighted by Crippen LogP contribution is 2.28. The van der Waals surface area contributed by atoms with Crippen molar-refractivity contribution >= 4 is 39.6 Å². The minimum Gasteiger partial charge on any atom is -0.488 e. The van der Waals surface area contributed by atoms with Crippen LogP contribution in [0.5, 0.6) is 5.75 Å². The number of sulfonamides is 1. The van der Waals surface area contributed by atoms with E-state index in [1.165, 1.54) is 6.07 Å². The summed E-state index contributed by atoms with van der Waals surface area (Å²) in [5.74, 6) is 0.763. The fourth-order valence-corrected chi connectivity index (χ4v) is 4.43. The van der Waals surface area contributed by atoms with Crippen LogP contribution in [-0.4, -0.2) is 26.8 Å². The predicted octanol–water partition coefficient (Wildman–Crippen LogP) is 4.29. The lowest BCUT2D eigenvalue weighted by Gasteiger charge is -2.21. The number of rotatable bonds is 5. The molecule has 0 unspecified atom stereocenters. The molecule has 6 nitrogen and oxygen atoms in total. The smallest absolute Gasteiger partial charge is 0.243 e. The van der Waals surface area contributed by atoms with Gasteiger partial charge in [-0.1, -0.05) is 23.7 Å². The van der Waals surface area contributed by atoms with E-state index in [-0.39, 0.29) is 4.90 Å². The van der Waals surface area contributed by atoms with E-state index in [0.29, 0.717) is 17.3 Å². The average molecular weight is 420 g/mol. The van der Waals surface area contributed by atoms with Crippen molar-refractivity contribution in [2.75, 3.05) is 12.0 Å². The van der Waals surface area contributed by atoms with E-state index in [1.54, 1.807) is 51.3 Å². The number of fused-ring (bicyclic) bond motifs is 1. The van der Waals surface area contributed by atoms with Gasteiger partial charge in [-0.15, -0.1) is 0 Å². The van der Waals surface area contributed by atoms with Crippen molar-refractivity contribution in [2.45, 2.75) is 31.2 Å². The molecule has 2 aromatic rings. The molecule has 28 heavy (non-hydrogen) atoms. The largest absolute Gasteiger partial charge is 0.488 e. The van der Waals surface area contributed by atoms with Crippen LogP contribution in [0, 0.1) is 0 Å². The van der Waals surface area contributed by atoms with Crippen molar-refractivity contribution in [3.05, 3.63) is 58.6 Å². The average Bonchev–Trinajstić information content (AvgIpc) is 2.59. The Hall–Kier alpha value is -2.35. The highest BCUT2D eigenvalue weighted by molar-refractivity contribution is 7.89. The van der Waals surface area contributed by atoms with E-state index in [0.717, 1.165) is 16.9 Å².